The molecule has 2 aromatic heterocycles. The van der Waals surface area contributed by atoms with Gasteiger partial charge in [-0.3, -0.25) is 9.59 Å². The van der Waals surface area contributed by atoms with Gasteiger partial charge in [0.15, 0.2) is 9.50 Å². The highest BCUT2D eigenvalue weighted by Crippen LogP contribution is 2.31. The van der Waals surface area contributed by atoms with Crippen LogP contribution in [0, 0.1) is 13.8 Å². The van der Waals surface area contributed by atoms with Crippen molar-refractivity contribution in [3.8, 4) is 0 Å². The third-order valence-corrected chi connectivity index (χ3v) is 6.47. The third-order valence-electron chi connectivity index (χ3n) is 3.49. The Balaban J connectivity index is 1.60. The Hall–Kier alpha value is -2.17. The van der Waals surface area contributed by atoms with Gasteiger partial charge in [0.2, 0.25) is 5.91 Å². The lowest BCUT2D eigenvalue weighted by atomic mass is 10.3. The van der Waals surface area contributed by atoms with Gasteiger partial charge in [0.25, 0.3) is 0 Å². The number of hydrogen-bond acceptors (Lipinski definition) is 9. The Morgan fingerprint density at radius 1 is 1.07 bits per heavy atom. The Labute approximate surface area is 174 Å². The summed E-state index contributed by atoms with van der Waals surface area (Å²) in [5, 5.41) is 3.48. The van der Waals surface area contributed by atoms with Crippen LogP contribution in [0.5, 0.6) is 0 Å². The molecule has 1 amide bonds. The van der Waals surface area contributed by atoms with Crippen LogP contribution in [-0.2, 0) is 14.3 Å². The Morgan fingerprint density at radius 3 is 2.54 bits per heavy atom. The zero-order valence-corrected chi connectivity index (χ0v) is 18.0. The van der Waals surface area contributed by atoms with Crippen LogP contribution in [0.15, 0.2) is 33.8 Å². The zero-order chi connectivity index (χ0) is 20.1. The molecular formula is C18H18N4O3S3. The number of esters is 1. The summed E-state index contributed by atoms with van der Waals surface area (Å²) in [4.78, 5) is 36.6. The molecule has 0 bridgehead atoms. The van der Waals surface area contributed by atoms with Crippen LogP contribution in [0.25, 0.3) is 10.2 Å². The average Bonchev–Trinajstić information content (AvgIpc) is 3.06. The topological polar surface area (TPSA) is 94.1 Å². The molecule has 2 heterocycles. The first-order chi connectivity index (χ1) is 13.4. The lowest BCUT2D eigenvalue weighted by Gasteiger charge is -2.05. The molecule has 3 rings (SSSR count). The standard InChI is InChI=1S/C18H18N4O3S3/c1-10-6-11(2)20-17(19-10)26-8-15(23)21-12-4-5-13-14(7-12)28-18(22-13)27-9-16(24)25-3/h4-7H,8-9H2,1-3H3,(H,21,23). The summed E-state index contributed by atoms with van der Waals surface area (Å²) < 4.78 is 6.36. The molecule has 3 aromatic rings. The van der Waals surface area contributed by atoms with Crippen molar-refractivity contribution in [1.29, 1.82) is 0 Å². The molecule has 0 aliphatic heterocycles. The minimum atomic E-state index is -0.289. The van der Waals surface area contributed by atoms with Crippen molar-refractivity contribution in [2.75, 3.05) is 23.9 Å². The first-order valence-corrected chi connectivity index (χ1v) is 11.1. The minimum absolute atomic E-state index is 0.128. The van der Waals surface area contributed by atoms with Crippen molar-refractivity contribution in [1.82, 2.24) is 15.0 Å². The first kappa shape index (κ1) is 20.6. The quantitative estimate of drug-likeness (QED) is 0.342. The molecule has 0 aliphatic rings. The van der Waals surface area contributed by atoms with E-state index in [4.69, 9.17) is 0 Å². The molecule has 0 atom stereocenters. The Bertz CT molecular complexity index is 1000. The van der Waals surface area contributed by atoms with E-state index in [2.05, 4.69) is 25.0 Å². The molecule has 1 N–H and O–H groups in total. The number of aryl methyl sites for hydroxylation is 2. The summed E-state index contributed by atoms with van der Waals surface area (Å²) in [6.45, 7) is 3.81. The van der Waals surface area contributed by atoms with E-state index in [1.165, 1.54) is 42.0 Å². The third kappa shape index (κ3) is 5.66. The predicted molar refractivity (Wildman–Crippen MR) is 113 cm³/mol. The van der Waals surface area contributed by atoms with E-state index in [1.807, 2.05) is 38.1 Å². The molecule has 0 saturated carbocycles. The van der Waals surface area contributed by atoms with Gasteiger partial charge in [0.05, 0.1) is 28.8 Å². The van der Waals surface area contributed by atoms with Crippen molar-refractivity contribution in [3.63, 3.8) is 0 Å². The van der Waals surface area contributed by atoms with Crippen molar-refractivity contribution in [3.05, 3.63) is 35.7 Å². The number of hydrogen-bond donors (Lipinski definition) is 1. The highest BCUT2D eigenvalue weighted by atomic mass is 32.2. The maximum Gasteiger partial charge on any atom is 0.316 e. The van der Waals surface area contributed by atoms with Gasteiger partial charge in [0.1, 0.15) is 0 Å². The van der Waals surface area contributed by atoms with Crippen LogP contribution in [0.3, 0.4) is 0 Å². The number of carbonyl (C=O) groups is 2. The number of thiazole rings is 1. The molecule has 0 unspecified atom stereocenters. The van der Waals surface area contributed by atoms with Crippen molar-refractivity contribution in [2.24, 2.45) is 0 Å². The summed E-state index contributed by atoms with van der Waals surface area (Å²) >= 11 is 4.11. The highest BCUT2D eigenvalue weighted by molar-refractivity contribution is 8.01. The highest BCUT2D eigenvalue weighted by Gasteiger charge is 2.10. The summed E-state index contributed by atoms with van der Waals surface area (Å²) in [6, 6.07) is 7.44. The molecule has 1 aromatic carbocycles. The molecule has 0 aliphatic carbocycles. The predicted octanol–water partition coefficient (Wildman–Crippen LogP) is 3.70. The number of fused-ring (bicyclic) bond motifs is 1. The van der Waals surface area contributed by atoms with E-state index in [1.54, 1.807) is 0 Å². The number of carbonyl (C=O) groups excluding carboxylic acids is 2. The molecule has 0 radical (unpaired) electrons. The van der Waals surface area contributed by atoms with Crippen LogP contribution in [0.2, 0.25) is 0 Å². The molecule has 146 valence electrons. The molecule has 7 nitrogen and oxygen atoms in total. The van der Waals surface area contributed by atoms with Gasteiger partial charge >= 0.3 is 5.97 Å². The van der Waals surface area contributed by atoms with Gasteiger partial charge in [-0.05, 0) is 38.1 Å². The molecule has 28 heavy (non-hydrogen) atoms. The fourth-order valence-corrected chi connectivity index (χ4v) is 5.00. The number of amides is 1. The largest absolute Gasteiger partial charge is 0.468 e. The average molecular weight is 435 g/mol. The molecule has 0 spiro atoms. The monoisotopic (exact) mass is 434 g/mol. The van der Waals surface area contributed by atoms with Crippen LogP contribution in [-0.4, -0.2) is 45.4 Å². The molecular weight excluding hydrogens is 416 g/mol. The summed E-state index contributed by atoms with van der Waals surface area (Å²) in [5.74, 6) is 0.0287. The first-order valence-electron chi connectivity index (χ1n) is 8.28. The number of rotatable bonds is 7. The van der Waals surface area contributed by atoms with E-state index in [0.29, 0.717) is 10.8 Å². The smallest absolute Gasteiger partial charge is 0.316 e. The fourth-order valence-electron chi connectivity index (χ4n) is 2.31. The zero-order valence-electron chi connectivity index (χ0n) is 15.5. The Morgan fingerprint density at radius 2 is 1.82 bits per heavy atom. The maximum atomic E-state index is 12.3. The van der Waals surface area contributed by atoms with Crippen LogP contribution < -0.4 is 5.32 Å². The second-order valence-corrected chi connectivity index (χ2v) is 8.99. The van der Waals surface area contributed by atoms with Crippen LogP contribution >= 0.6 is 34.9 Å². The number of nitrogens with zero attached hydrogens (tertiary/aromatic N) is 3. The normalized spacial score (nSPS) is 10.8. The van der Waals surface area contributed by atoms with Gasteiger partial charge in [-0.1, -0.05) is 23.5 Å². The fraction of sp³-hybridized carbons (Fsp3) is 0.278. The molecule has 0 fully saturated rings. The number of thioether (sulfide) groups is 2. The number of methoxy groups -OCH3 is 1. The van der Waals surface area contributed by atoms with Crippen molar-refractivity contribution in [2.45, 2.75) is 23.3 Å². The van der Waals surface area contributed by atoms with Gasteiger partial charge in [-0.25, -0.2) is 15.0 Å². The number of nitrogens with one attached hydrogen (secondary N) is 1. The van der Waals surface area contributed by atoms with E-state index < -0.39 is 0 Å². The number of benzene rings is 1. The van der Waals surface area contributed by atoms with Gasteiger partial charge < -0.3 is 10.1 Å². The SMILES string of the molecule is COC(=O)CSc1nc2ccc(NC(=O)CSc3nc(C)cc(C)n3)cc2s1. The van der Waals surface area contributed by atoms with Gasteiger partial charge in [0, 0.05) is 17.1 Å². The number of ether oxygens (including phenoxy) is 1. The molecule has 10 heteroatoms. The Kier molecular flexibility index (Phi) is 6.87. The summed E-state index contributed by atoms with van der Waals surface area (Å²) in [5.41, 5.74) is 3.29. The van der Waals surface area contributed by atoms with E-state index in [9.17, 15) is 9.59 Å². The van der Waals surface area contributed by atoms with E-state index in [0.717, 1.165) is 25.9 Å². The van der Waals surface area contributed by atoms with Gasteiger partial charge in [-0.15, -0.1) is 11.3 Å². The van der Waals surface area contributed by atoms with Crippen molar-refractivity contribution < 1.29 is 14.3 Å². The van der Waals surface area contributed by atoms with Gasteiger partial charge in [-0.2, -0.15) is 0 Å². The van der Waals surface area contributed by atoms with Crippen LogP contribution in [0.1, 0.15) is 11.4 Å². The van der Waals surface area contributed by atoms with E-state index >= 15 is 0 Å². The molecule has 0 saturated heterocycles. The maximum absolute atomic E-state index is 12.3. The second kappa shape index (κ2) is 9.35. The second-order valence-electron chi connectivity index (χ2n) is 5.80. The summed E-state index contributed by atoms with van der Waals surface area (Å²) in [7, 11) is 1.36. The van der Waals surface area contributed by atoms with E-state index in [-0.39, 0.29) is 23.4 Å². The lowest BCUT2D eigenvalue weighted by molar-refractivity contribution is -0.137. The lowest BCUT2D eigenvalue weighted by Crippen LogP contribution is -2.14. The summed E-state index contributed by atoms with van der Waals surface area (Å²) in [6.07, 6.45) is 0. The van der Waals surface area contributed by atoms with Crippen LogP contribution in [0.4, 0.5) is 5.69 Å². The van der Waals surface area contributed by atoms with Crippen molar-refractivity contribution >= 4 is 62.6 Å². The number of anilines is 1. The number of aromatic nitrogens is 3. The minimum Gasteiger partial charge on any atom is -0.468 e.